The molecule has 0 bridgehead atoms. The first-order valence-electron chi connectivity index (χ1n) is 5.17. The Balaban J connectivity index is 2.27. The maximum Gasteiger partial charge on any atom is 0.356 e. The summed E-state index contributed by atoms with van der Waals surface area (Å²) >= 11 is 0. The van der Waals surface area contributed by atoms with E-state index in [-0.39, 0.29) is 11.7 Å². The minimum Gasteiger partial charge on any atom is -0.476 e. The van der Waals surface area contributed by atoms with Crippen LogP contribution < -0.4 is 5.32 Å². The van der Waals surface area contributed by atoms with Gasteiger partial charge in [-0.15, -0.1) is 0 Å². The van der Waals surface area contributed by atoms with Crippen LogP contribution in [0, 0.1) is 0 Å². The highest BCUT2D eigenvalue weighted by atomic mass is 16.4. The van der Waals surface area contributed by atoms with Crippen LogP contribution in [0.15, 0.2) is 6.07 Å². The van der Waals surface area contributed by atoms with Crippen molar-refractivity contribution in [1.29, 1.82) is 0 Å². The summed E-state index contributed by atoms with van der Waals surface area (Å²) in [5, 5.41) is 16.2. The van der Waals surface area contributed by atoms with Crippen LogP contribution in [0.4, 0.5) is 5.82 Å². The highest BCUT2D eigenvalue weighted by Gasteiger charge is 2.24. The van der Waals surface area contributed by atoms with E-state index in [1.165, 1.54) is 0 Å². The van der Waals surface area contributed by atoms with Gasteiger partial charge in [-0.1, -0.05) is 0 Å². The topological polar surface area (TPSA) is 67.2 Å². The Morgan fingerprint density at radius 1 is 1.67 bits per heavy atom. The Bertz CT molecular complexity index is 380. The third kappa shape index (κ3) is 2.11. The molecule has 82 valence electrons. The van der Waals surface area contributed by atoms with Gasteiger partial charge in [0.15, 0.2) is 5.69 Å². The largest absolute Gasteiger partial charge is 0.476 e. The fourth-order valence-corrected chi connectivity index (χ4v) is 1.44. The van der Waals surface area contributed by atoms with Gasteiger partial charge in [-0.2, -0.15) is 5.10 Å². The molecular formula is C10H15N3O2. The van der Waals surface area contributed by atoms with Crippen LogP contribution in [-0.4, -0.2) is 26.9 Å². The van der Waals surface area contributed by atoms with Crippen LogP contribution in [0.3, 0.4) is 0 Å². The number of anilines is 1. The Kier molecular flexibility index (Phi) is 2.38. The predicted molar refractivity (Wildman–Crippen MR) is 56.2 cm³/mol. The zero-order valence-electron chi connectivity index (χ0n) is 8.90. The average Bonchev–Trinajstić information content (AvgIpc) is 2.82. The molecule has 1 fully saturated rings. The summed E-state index contributed by atoms with van der Waals surface area (Å²) in [7, 11) is 0. The van der Waals surface area contributed by atoms with Crippen LogP contribution in [0.2, 0.25) is 0 Å². The van der Waals surface area contributed by atoms with Crippen molar-refractivity contribution in [3.8, 4) is 0 Å². The molecule has 2 rings (SSSR count). The molecule has 0 saturated heterocycles. The first kappa shape index (κ1) is 10.0. The Labute approximate surface area is 88.1 Å². The number of carboxylic acid groups (broad SMARTS) is 1. The molecule has 1 aliphatic rings. The predicted octanol–water partition coefficient (Wildman–Crippen LogP) is 1.74. The van der Waals surface area contributed by atoms with Crippen LogP contribution >= 0.6 is 0 Å². The second-order valence-electron chi connectivity index (χ2n) is 4.18. The van der Waals surface area contributed by atoms with Crippen molar-refractivity contribution < 1.29 is 9.90 Å². The van der Waals surface area contributed by atoms with E-state index in [0.29, 0.717) is 6.04 Å². The highest BCUT2D eigenvalue weighted by Crippen LogP contribution is 2.26. The Hall–Kier alpha value is -1.52. The maximum atomic E-state index is 10.8. The van der Waals surface area contributed by atoms with E-state index in [0.717, 1.165) is 18.7 Å². The molecule has 1 saturated carbocycles. The molecule has 0 aromatic carbocycles. The zero-order chi connectivity index (χ0) is 11.0. The van der Waals surface area contributed by atoms with Gasteiger partial charge < -0.3 is 10.4 Å². The number of carbonyl (C=O) groups is 1. The van der Waals surface area contributed by atoms with Crippen LogP contribution in [0.25, 0.3) is 0 Å². The lowest BCUT2D eigenvalue weighted by Gasteiger charge is -2.11. The van der Waals surface area contributed by atoms with Gasteiger partial charge in [0.1, 0.15) is 5.82 Å². The number of aromatic nitrogens is 2. The minimum atomic E-state index is -0.978. The number of carboxylic acids is 1. The van der Waals surface area contributed by atoms with Gasteiger partial charge in [0, 0.05) is 18.2 Å². The van der Waals surface area contributed by atoms with Crippen LogP contribution in [0.1, 0.15) is 43.2 Å². The van der Waals surface area contributed by atoms with E-state index in [1.807, 2.05) is 13.8 Å². The summed E-state index contributed by atoms with van der Waals surface area (Å²) in [4.78, 5) is 10.8. The van der Waals surface area contributed by atoms with Gasteiger partial charge in [-0.05, 0) is 26.7 Å². The average molecular weight is 209 g/mol. The molecule has 0 amide bonds. The number of hydrogen-bond donors (Lipinski definition) is 2. The monoisotopic (exact) mass is 209 g/mol. The van der Waals surface area contributed by atoms with E-state index in [1.54, 1.807) is 10.7 Å². The summed E-state index contributed by atoms with van der Waals surface area (Å²) in [6, 6.07) is 2.26. The second kappa shape index (κ2) is 3.56. The summed E-state index contributed by atoms with van der Waals surface area (Å²) < 4.78 is 1.72. The van der Waals surface area contributed by atoms with Crippen LogP contribution in [0.5, 0.6) is 0 Å². The van der Waals surface area contributed by atoms with Crippen molar-refractivity contribution in [1.82, 2.24) is 9.78 Å². The zero-order valence-corrected chi connectivity index (χ0v) is 8.90. The minimum absolute atomic E-state index is 0.104. The summed E-state index contributed by atoms with van der Waals surface area (Å²) in [6.07, 6.45) is 2.32. The molecule has 2 N–H and O–H groups in total. The molecule has 15 heavy (non-hydrogen) atoms. The molecule has 1 aromatic heterocycles. The van der Waals surface area contributed by atoms with Crippen molar-refractivity contribution in [2.45, 2.75) is 38.8 Å². The number of nitrogens with zero attached hydrogens (tertiary/aromatic N) is 2. The normalized spacial score (nSPS) is 15.7. The first-order chi connectivity index (χ1) is 7.08. The molecule has 1 aromatic rings. The lowest BCUT2D eigenvalue weighted by molar-refractivity contribution is 0.0689. The van der Waals surface area contributed by atoms with Crippen molar-refractivity contribution in [2.75, 3.05) is 5.32 Å². The smallest absolute Gasteiger partial charge is 0.356 e. The molecule has 1 aliphatic carbocycles. The maximum absolute atomic E-state index is 10.8. The second-order valence-corrected chi connectivity index (χ2v) is 4.18. The summed E-state index contributed by atoms with van der Waals surface area (Å²) in [6.45, 7) is 3.97. The Morgan fingerprint density at radius 2 is 2.33 bits per heavy atom. The first-order valence-corrected chi connectivity index (χ1v) is 5.17. The van der Waals surface area contributed by atoms with E-state index in [9.17, 15) is 4.79 Å². The fraction of sp³-hybridized carbons (Fsp3) is 0.600. The van der Waals surface area contributed by atoms with Gasteiger partial charge >= 0.3 is 5.97 Å². The fourth-order valence-electron chi connectivity index (χ4n) is 1.44. The molecule has 5 nitrogen and oxygen atoms in total. The highest BCUT2D eigenvalue weighted by molar-refractivity contribution is 5.86. The third-order valence-corrected chi connectivity index (χ3v) is 2.37. The van der Waals surface area contributed by atoms with Crippen molar-refractivity contribution in [3.05, 3.63) is 11.8 Å². The molecule has 0 aliphatic heterocycles. The molecule has 1 heterocycles. The number of nitrogens with one attached hydrogen (secondary N) is 1. The van der Waals surface area contributed by atoms with Gasteiger partial charge in [-0.3, -0.25) is 0 Å². The Morgan fingerprint density at radius 3 is 2.80 bits per heavy atom. The molecular weight excluding hydrogens is 194 g/mol. The molecule has 0 atom stereocenters. The van der Waals surface area contributed by atoms with Crippen molar-refractivity contribution in [3.63, 3.8) is 0 Å². The van der Waals surface area contributed by atoms with Gasteiger partial charge in [-0.25, -0.2) is 9.48 Å². The number of hydrogen-bond acceptors (Lipinski definition) is 3. The molecule has 0 spiro atoms. The number of rotatable bonds is 4. The van der Waals surface area contributed by atoms with Gasteiger partial charge in [0.05, 0.1) is 0 Å². The molecule has 5 heteroatoms. The number of aromatic carboxylic acids is 1. The van der Waals surface area contributed by atoms with Crippen LogP contribution in [-0.2, 0) is 0 Å². The van der Waals surface area contributed by atoms with Crippen molar-refractivity contribution in [2.24, 2.45) is 0 Å². The molecule has 0 radical (unpaired) electrons. The van der Waals surface area contributed by atoms with E-state index >= 15 is 0 Å². The lowest BCUT2D eigenvalue weighted by Crippen LogP contribution is -2.11. The van der Waals surface area contributed by atoms with E-state index in [4.69, 9.17) is 5.11 Å². The SMILES string of the molecule is CC(C)n1nc(C(=O)O)cc1NC1CC1. The standard InChI is InChI=1S/C10H15N3O2/c1-6(2)13-9(11-7-3-4-7)5-8(12-13)10(14)15/h5-7,11H,3-4H2,1-2H3,(H,14,15). The third-order valence-electron chi connectivity index (χ3n) is 2.37. The summed E-state index contributed by atoms with van der Waals surface area (Å²) in [5.74, 6) is -0.168. The van der Waals surface area contributed by atoms with Crippen molar-refractivity contribution >= 4 is 11.8 Å². The summed E-state index contributed by atoms with van der Waals surface area (Å²) in [5.41, 5.74) is 0.104. The lowest BCUT2D eigenvalue weighted by atomic mass is 10.4. The quantitative estimate of drug-likeness (QED) is 0.792. The van der Waals surface area contributed by atoms with Gasteiger partial charge in [0.2, 0.25) is 0 Å². The van der Waals surface area contributed by atoms with E-state index < -0.39 is 5.97 Å². The molecule has 0 unspecified atom stereocenters. The van der Waals surface area contributed by atoms with E-state index in [2.05, 4.69) is 10.4 Å². The van der Waals surface area contributed by atoms with Gasteiger partial charge in [0.25, 0.3) is 0 Å².